The summed E-state index contributed by atoms with van der Waals surface area (Å²) in [5.74, 6) is 0.227. The number of aliphatic hydroxyl groups excluding tert-OH is 1. The maximum atomic E-state index is 12.6. The summed E-state index contributed by atoms with van der Waals surface area (Å²) >= 11 is 0. The van der Waals surface area contributed by atoms with Crippen LogP contribution in [0.25, 0.3) is 11.1 Å². The Bertz CT molecular complexity index is 749. The number of aryl methyl sites for hydroxylation is 1. The summed E-state index contributed by atoms with van der Waals surface area (Å²) in [7, 11) is 0. The Labute approximate surface area is 149 Å². The summed E-state index contributed by atoms with van der Waals surface area (Å²) < 4.78 is 0. The first-order chi connectivity index (χ1) is 12.0. The first-order valence-electron chi connectivity index (χ1n) is 9.00. The number of aromatic nitrogens is 1. The first kappa shape index (κ1) is 17.6. The molecule has 0 radical (unpaired) electrons. The Morgan fingerprint density at radius 3 is 2.52 bits per heavy atom. The minimum Gasteiger partial charge on any atom is -0.394 e. The van der Waals surface area contributed by atoms with Gasteiger partial charge in [0.2, 0.25) is 0 Å². The van der Waals surface area contributed by atoms with Gasteiger partial charge in [-0.1, -0.05) is 12.1 Å². The van der Waals surface area contributed by atoms with Crippen molar-refractivity contribution in [3.63, 3.8) is 0 Å². The van der Waals surface area contributed by atoms with Gasteiger partial charge in [-0.3, -0.25) is 9.78 Å². The quantitative estimate of drug-likeness (QED) is 0.902. The van der Waals surface area contributed by atoms with E-state index in [1.165, 1.54) is 12.0 Å². The van der Waals surface area contributed by atoms with Gasteiger partial charge in [0.25, 0.3) is 5.91 Å². The van der Waals surface area contributed by atoms with E-state index < -0.39 is 0 Å². The monoisotopic (exact) mass is 338 g/mol. The van der Waals surface area contributed by atoms with Gasteiger partial charge in [-0.25, -0.2) is 0 Å². The number of fused-ring (bicyclic) bond motifs is 1. The maximum Gasteiger partial charge on any atom is 0.255 e. The topological polar surface area (TPSA) is 53.4 Å². The van der Waals surface area contributed by atoms with Gasteiger partial charge >= 0.3 is 0 Å². The van der Waals surface area contributed by atoms with Crippen molar-refractivity contribution >= 4 is 5.91 Å². The molecule has 4 rings (SSSR count). The zero-order valence-corrected chi connectivity index (χ0v) is 15.2. The summed E-state index contributed by atoms with van der Waals surface area (Å²) in [5, 5.41) is 8.06. The molecule has 1 amide bonds. The maximum absolute atomic E-state index is 12.6. The number of hydrogen-bond donors (Lipinski definition) is 1. The van der Waals surface area contributed by atoms with Crippen molar-refractivity contribution in [1.82, 2.24) is 9.88 Å². The molecule has 1 aromatic heterocycles. The van der Waals surface area contributed by atoms with Crippen molar-refractivity contribution in [3.8, 4) is 11.1 Å². The third kappa shape index (κ3) is 3.74. The normalized spacial score (nSPS) is 16.4. The fourth-order valence-electron chi connectivity index (χ4n) is 3.38. The van der Waals surface area contributed by atoms with Crippen LogP contribution in [-0.2, 0) is 6.54 Å². The second-order valence-corrected chi connectivity index (χ2v) is 7.18. The molecular formula is C21H26N2O2. The molecule has 1 saturated carbocycles. The van der Waals surface area contributed by atoms with Crippen LogP contribution in [0.5, 0.6) is 0 Å². The van der Waals surface area contributed by atoms with Gasteiger partial charge in [0.05, 0.1) is 0 Å². The van der Waals surface area contributed by atoms with Crippen molar-refractivity contribution < 1.29 is 9.90 Å². The van der Waals surface area contributed by atoms with Gasteiger partial charge in [0.1, 0.15) is 0 Å². The number of aliphatic hydroxyl groups is 1. The third-order valence-electron chi connectivity index (χ3n) is 4.74. The average molecular weight is 338 g/mol. The molecule has 1 N–H and O–H groups in total. The van der Waals surface area contributed by atoms with Crippen LogP contribution in [0.3, 0.4) is 0 Å². The number of hydrogen-bond acceptors (Lipinski definition) is 3. The summed E-state index contributed by atoms with van der Waals surface area (Å²) in [5.41, 5.74) is 5.44. The van der Waals surface area contributed by atoms with Crippen molar-refractivity contribution in [2.45, 2.75) is 58.7 Å². The smallest absolute Gasteiger partial charge is 0.255 e. The third-order valence-corrected chi connectivity index (χ3v) is 4.74. The van der Waals surface area contributed by atoms with Gasteiger partial charge in [-0.15, -0.1) is 0 Å². The molecule has 2 heterocycles. The SMILES string of the molecule is CC(C)O.Cc1cc(-c2cccnc2)cc2c1C(=O)N(C1CCC1)C2. The minimum absolute atomic E-state index is 0.167. The molecule has 25 heavy (non-hydrogen) atoms. The molecule has 0 atom stereocenters. The largest absolute Gasteiger partial charge is 0.394 e. The second kappa shape index (κ2) is 7.36. The van der Waals surface area contributed by atoms with Crippen LogP contribution in [0.2, 0.25) is 0 Å². The van der Waals surface area contributed by atoms with Gasteiger partial charge in [-0.2, -0.15) is 0 Å². The Morgan fingerprint density at radius 1 is 1.24 bits per heavy atom. The van der Waals surface area contributed by atoms with Crippen LogP contribution in [0, 0.1) is 6.92 Å². The highest BCUT2D eigenvalue weighted by atomic mass is 16.3. The number of amides is 1. The van der Waals surface area contributed by atoms with Crippen molar-refractivity contribution in [1.29, 1.82) is 0 Å². The highest BCUT2D eigenvalue weighted by Gasteiger charge is 2.36. The number of rotatable bonds is 2. The van der Waals surface area contributed by atoms with Gasteiger partial charge in [0.15, 0.2) is 0 Å². The minimum atomic E-state index is -0.167. The Kier molecular flexibility index (Phi) is 5.19. The average Bonchev–Trinajstić information content (AvgIpc) is 2.83. The Hall–Kier alpha value is -2.20. The lowest BCUT2D eigenvalue weighted by molar-refractivity contribution is 0.0606. The van der Waals surface area contributed by atoms with Gasteiger partial charge in [0, 0.05) is 42.2 Å². The van der Waals surface area contributed by atoms with E-state index in [0.717, 1.165) is 41.6 Å². The molecule has 2 aromatic rings. The van der Waals surface area contributed by atoms with Crippen LogP contribution in [0.1, 0.15) is 54.6 Å². The zero-order valence-electron chi connectivity index (χ0n) is 15.2. The number of carbonyl (C=O) groups is 1. The fraction of sp³-hybridized carbons (Fsp3) is 0.429. The molecule has 0 spiro atoms. The van der Waals surface area contributed by atoms with Crippen LogP contribution in [0.15, 0.2) is 36.7 Å². The Morgan fingerprint density at radius 2 is 1.96 bits per heavy atom. The van der Waals surface area contributed by atoms with E-state index in [9.17, 15) is 4.79 Å². The molecule has 0 bridgehead atoms. The van der Waals surface area contributed by atoms with Crippen molar-refractivity contribution in [2.75, 3.05) is 0 Å². The lowest BCUT2D eigenvalue weighted by Crippen LogP contribution is -2.40. The lowest BCUT2D eigenvalue weighted by atomic mass is 9.92. The molecule has 132 valence electrons. The Balaban J connectivity index is 0.000000415. The molecular weight excluding hydrogens is 312 g/mol. The van der Waals surface area contributed by atoms with E-state index in [2.05, 4.69) is 28.1 Å². The summed E-state index contributed by atoms with van der Waals surface area (Å²) in [6.45, 7) is 6.26. The first-order valence-corrected chi connectivity index (χ1v) is 9.00. The number of nitrogens with zero attached hydrogens (tertiary/aromatic N) is 2. The molecule has 1 fully saturated rings. The lowest BCUT2D eigenvalue weighted by Gasteiger charge is -2.34. The highest BCUT2D eigenvalue weighted by Crippen LogP contribution is 2.36. The molecule has 2 aliphatic rings. The van der Waals surface area contributed by atoms with E-state index in [0.29, 0.717) is 6.04 Å². The van der Waals surface area contributed by atoms with E-state index in [1.807, 2.05) is 19.2 Å². The molecule has 1 aromatic carbocycles. The summed E-state index contributed by atoms with van der Waals surface area (Å²) in [4.78, 5) is 18.9. The van der Waals surface area contributed by atoms with E-state index >= 15 is 0 Å². The molecule has 0 saturated heterocycles. The predicted octanol–water partition coefficient (Wildman–Crippen LogP) is 3.95. The van der Waals surface area contributed by atoms with E-state index in [1.54, 1.807) is 20.0 Å². The molecule has 1 aliphatic carbocycles. The van der Waals surface area contributed by atoms with Gasteiger partial charge in [-0.05, 0) is 68.9 Å². The van der Waals surface area contributed by atoms with Crippen LogP contribution in [-0.4, -0.2) is 33.0 Å². The predicted molar refractivity (Wildman–Crippen MR) is 99.3 cm³/mol. The zero-order chi connectivity index (χ0) is 18.0. The van der Waals surface area contributed by atoms with Crippen molar-refractivity contribution in [2.24, 2.45) is 0 Å². The number of carbonyl (C=O) groups excluding carboxylic acids is 1. The second-order valence-electron chi connectivity index (χ2n) is 7.18. The van der Waals surface area contributed by atoms with Gasteiger partial charge < -0.3 is 10.0 Å². The van der Waals surface area contributed by atoms with Crippen LogP contribution < -0.4 is 0 Å². The molecule has 0 unspecified atom stereocenters. The van der Waals surface area contributed by atoms with E-state index in [4.69, 9.17) is 5.11 Å². The standard InChI is InChI=1S/C18H18N2O.C3H8O/c1-12-8-14(13-4-3-7-19-10-13)9-15-11-20(16-5-2-6-16)18(21)17(12)15;1-3(2)4/h3-4,7-10,16H,2,5-6,11H2,1H3;3-4H,1-2H3. The van der Waals surface area contributed by atoms with E-state index in [-0.39, 0.29) is 12.0 Å². The summed E-state index contributed by atoms with van der Waals surface area (Å²) in [6, 6.07) is 8.75. The number of benzene rings is 1. The van der Waals surface area contributed by atoms with Crippen LogP contribution in [0.4, 0.5) is 0 Å². The number of pyridine rings is 1. The fourth-order valence-corrected chi connectivity index (χ4v) is 3.38. The molecule has 4 heteroatoms. The molecule has 4 nitrogen and oxygen atoms in total. The van der Waals surface area contributed by atoms with Crippen molar-refractivity contribution in [3.05, 3.63) is 53.3 Å². The highest BCUT2D eigenvalue weighted by molar-refractivity contribution is 6.00. The van der Waals surface area contributed by atoms with Crippen LogP contribution >= 0.6 is 0 Å². The molecule has 1 aliphatic heterocycles. The summed E-state index contributed by atoms with van der Waals surface area (Å²) in [6.07, 6.45) is 7.07.